The molecule has 0 bridgehead atoms. The lowest BCUT2D eigenvalue weighted by molar-refractivity contribution is -0.137. The van der Waals surface area contributed by atoms with Gasteiger partial charge in [0, 0.05) is 12.5 Å². The number of hydrogen-bond acceptors (Lipinski definition) is 5. The van der Waals surface area contributed by atoms with Crippen molar-refractivity contribution in [3.63, 3.8) is 0 Å². The maximum atomic E-state index is 13.5. The molecule has 216 valence electrons. The number of fused-ring (bicyclic) bond motifs is 3. The van der Waals surface area contributed by atoms with Crippen LogP contribution < -0.4 is 5.32 Å². The average Bonchev–Trinajstić information content (AvgIpc) is 3.37. The molecule has 0 aromatic heterocycles. The number of carbonyl (C=O) groups is 1. The molecular formula is C32H30BF3N2O4. The minimum Gasteiger partial charge on any atom is -0.449 e. The van der Waals surface area contributed by atoms with Gasteiger partial charge in [-0.3, -0.25) is 0 Å². The lowest BCUT2D eigenvalue weighted by atomic mass is 9.76. The van der Waals surface area contributed by atoms with Gasteiger partial charge < -0.3 is 19.4 Å². The zero-order chi connectivity index (χ0) is 30.3. The number of carbonyl (C=O) groups excluding carboxylic acids is 1. The van der Waals surface area contributed by atoms with E-state index in [2.05, 4.69) is 5.32 Å². The van der Waals surface area contributed by atoms with E-state index >= 15 is 0 Å². The van der Waals surface area contributed by atoms with Gasteiger partial charge in [0.15, 0.2) is 0 Å². The second-order valence-corrected chi connectivity index (χ2v) is 11.4. The summed E-state index contributed by atoms with van der Waals surface area (Å²) >= 11 is 0. The van der Waals surface area contributed by atoms with Crippen LogP contribution in [0, 0.1) is 11.3 Å². The highest BCUT2D eigenvalue weighted by Gasteiger charge is 2.52. The average molecular weight is 574 g/mol. The molecule has 1 N–H and O–H groups in total. The van der Waals surface area contributed by atoms with Crippen molar-refractivity contribution in [1.82, 2.24) is 5.32 Å². The van der Waals surface area contributed by atoms with Crippen LogP contribution in [0.5, 0.6) is 0 Å². The molecule has 0 unspecified atom stereocenters. The van der Waals surface area contributed by atoms with Crippen LogP contribution in [0.2, 0.25) is 0 Å². The number of halogens is 3. The number of nitrogens with zero attached hydrogens (tertiary/aromatic N) is 1. The largest absolute Gasteiger partial charge is 0.492 e. The molecule has 1 aliphatic heterocycles. The zero-order valence-electron chi connectivity index (χ0n) is 23.7. The topological polar surface area (TPSA) is 80.6 Å². The quantitative estimate of drug-likeness (QED) is 0.317. The molecule has 2 aliphatic rings. The predicted octanol–water partition coefficient (Wildman–Crippen LogP) is 7.13. The number of rotatable bonds is 6. The molecule has 0 spiro atoms. The van der Waals surface area contributed by atoms with Crippen LogP contribution in [0.15, 0.2) is 72.2 Å². The zero-order valence-corrected chi connectivity index (χ0v) is 23.7. The molecule has 6 nitrogen and oxygen atoms in total. The number of benzene rings is 3. The summed E-state index contributed by atoms with van der Waals surface area (Å²) in [6.07, 6.45) is -3.89. The molecule has 1 aliphatic carbocycles. The van der Waals surface area contributed by atoms with Gasteiger partial charge in [0.05, 0.1) is 28.4 Å². The molecule has 1 saturated heterocycles. The molecule has 3 aromatic carbocycles. The Bertz CT molecular complexity index is 1530. The fourth-order valence-electron chi connectivity index (χ4n) is 5.20. The highest BCUT2D eigenvalue weighted by atomic mass is 19.4. The fraction of sp³-hybridized carbons (Fsp3) is 0.312. The molecular weight excluding hydrogens is 544 g/mol. The monoisotopic (exact) mass is 574 g/mol. The van der Waals surface area contributed by atoms with E-state index in [4.69, 9.17) is 14.0 Å². The number of ether oxygens (including phenoxy) is 1. The Labute approximate surface area is 243 Å². The third-order valence-corrected chi connectivity index (χ3v) is 8.10. The standard InChI is InChI=1S/C32H30BF3N2O4/c1-30(2)31(3,4)42-33(41-30)23(16-20-13-21(17-37)15-22(14-20)32(34,35)36)18-38-29(39)40-19-28-26-11-7-5-9-24(26)25-10-6-8-12-27(25)28/h5-16,28H,18-19H2,1-4H3,(H,38,39). The second kappa shape index (κ2) is 11.0. The molecule has 1 amide bonds. The van der Waals surface area contributed by atoms with Gasteiger partial charge in [-0.05, 0) is 79.2 Å². The summed E-state index contributed by atoms with van der Waals surface area (Å²) in [5.41, 5.74) is 2.28. The minimum absolute atomic E-state index is 0.106. The van der Waals surface area contributed by atoms with Crippen molar-refractivity contribution in [3.05, 3.63) is 100 Å². The first-order valence-corrected chi connectivity index (χ1v) is 13.6. The number of alkyl carbamates (subject to hydrolysis) is 1. The Kier molecular flexibility index (Phi) is 7.69. The van der Waals surface area contributed by atoms with Crippen LogP contribution in [-0.2, 0) is 20.2 Å². The van der Waals surface area contributed by atoms with Crippen LogP contribution in [0.4, 0.5) is 18.0 Å². The van der Waals surface area contributed by atoms with Crippen LogP contribution in [0.3, 0.4) is 0 Å². The SMILES string of the molecule is CC1(C)OB(C(=Cc2cc(C#N)cc(C(F)(F)F)c2)CNC(=O)OCC2c3ccccc3-c3ccccc32)OC1(C)C. The van der Waals surface area contributed by atoms with Crippen LogP contribution in [0.1, 0.15) is 61.4 Å². The maximum Gasteiger partial charge on any atom is 0.492 e. The van der Waals surface area contributed by atoms with Gasteiger partial charge in [0.1, 0.15) is 6.61 Å². The first kappa shape index (κ1) is 29.4. The van der Waals surface area contributed by atoms with E-state index in [1.165, 1.54) is 12.1 Å². The summed E-state index contributed by atoms with van der Waals surface area (Å²) in [5, 5.41) is 12.0. The summed E-state index contributed by atoms with van der Waals surface area (Å²) in [5.74, 6) is -0.129. The van der Waals surface area contributed by atoms with E-state index in [1.807, 2.05) is 76.2 Å². The van der Waals surface area contributed by atoms with Crippen molar-refractivity contribution in [3.8, 4) is 17.2 Å². The van der Waals surface area contributed by atoms with E-state index < -0.39 is 36.2 Å². The Hall–Kier alpha value is -4.07. The Morgan fingerprint density at radius 1 is 1.00 bits per heavy atom. The van der Waals surface area contributed by atoms with Gasteiger partial charge in [-0.15, -0.1) is 0 Å². The van der Waals surface area contributed by atoms with Crippen LogP contribution in [-0.4, -0.2) is 37.6 Å². The van der Waals surface area contributed by atoms with E-state index in [1.54, 1.807) is 6.07 Å². The third kappa shape index (κ3) is 5.80. The van der Waals surface area contributed by atoms with Crippen molar-refractivity contribution in [2.75, 3.05) is 13.2 Å². The van der Waals surface area contributed by atoms with Gasteiger partial charge in [-0.25, -0.2) is 4.79 Å². The Balaban J connectivity index is 1.36. The second-order valence-electron chi connectivity index (χ2n) is 11.4. The first-order valence-electron chi connectivity index (χ1n) is 13.6. The van der Waals surface area contributed by atoms with Crippen LogP contribution in [0.25, 0.3) is 17.2 Å². The molecule has 1 heterocycles. The number of hydrogen-bond donors (Lipinski definition) is 1. The molecule has 42 heavy (non-hydrogen) atoms. The number of nitrogens with one attached hydrogen (secondary N) is 1. The van der Waals surface area contributed by atoms with Gasteiger partial charge in [-0.2, -0.15) is 18.4 Å². The molecule has 0 radical (unpaired) electrons. The number of alkyl halides is 3. The van der Waals surface area contributed by atoms with Crippen LogP contribution >= 0.6 is 0 Å². The van der Waals surface area contributed by atoms with Crippen molar-refractivity contribution in [1.29, 1.82) is 5.26 Å². The van der Waals surface area contributed by atoms with E-state index in [-0.39, 0.29) is 30.2 Å². The van der Waals surface area contributed by atoms with Gasteiger partial charge >= 0.3 is 19.4 Å². The van der Waals surface area contributed by atoms with E-state index in [0.29, 0.717) is 5.47 Å². The van der Waals surface area contributed by atoms with Gasteiger partial charge in [0.25, 0.3) is 0 Å². The smallest absolute Gasteiger partial charge is 0.449 e. The number of nitriles is 1. The molecule has 5 rings (SSSR count). The predicted molar refractivity (Wildman–Crippen MR) is 153 cm³/mol. The summed E-state index contributed by atoms with van der Waals surface area (Å²) in [6.45, 7) is 7.38. The van der Waals surface area contributed by atoms with Crippen molar-refractivity contribution < 1.29 is 32.0 Å². The lowest BCUT2D eigenvalue weighted by Gasteiger charge is -2.32. The van der Waals surface area contributed by atoms with E-state index in [0.717, 1.165) is 34.4 Å². The Morgan fingerprint density at radius 2 is 1.57 bits per heavy atom. The highest BCUT2D eigenvalue weighted by Crippen LogP contribution is 2.44. The van der Waals surface area contributed by atoms with Crippen molar-refractivity contribution in [2.24, 2.45) is 0 Å². The highest BCUT2D eigenvalue weighted by molar-refractivity contribution is 6.56. The number of amides is 1. The van der Waals surface area contributed by atoms with Crippen molar-refractivity contribution in [2.45, 2.75) is 51.0 Å². The normalized spacial score (nSPS) is 17.4. The molecule has 0 saturated carbocycles. The molecule has 1 fully saturated rings. The van der Waals surface area contributed by atoms with Crippen molar-refractivity contribution >= 4 is 19.3 Å². The van der Waals surface area contributed by atoms with Gasteiger partial charge in [0.2, 0.25) is 0 Å². The van der Waals surface area contributed by atoms with E-state index in [9.17, 15) is 23.2 Å². The molecule has 10 heteroatoms. The Morgan fingerprint density at radius 3 is 2.12 bits per heavy atom. The summed E-state index contributed by atoms with van der Waals surface area (Å²) in [6, 6.07) is 20.8. The summed E-state index contributed by atoms with van der Waals surface area (Å²) < 4.78 is 58.5. The molecule has 3 aromatic rings. The lowest BCUT2D eigenvalue weighted by Crippen LogP contribution is -2.41. The summed E-state index contributed by atoms with van der Waals surface area (Å²) in [4.78, 5) is 12.9. The summed E-state index contributed by atoms with van der Waals surface area (Å²) in [7, 11) is -0.955. The molecule has 0 atom stereocenters. The fourth-order valence-corrected chi connectivity index (χ4v) is 5.20. The minimum atomic E-state index is -4.64. The van der Waals surface area contributed by atoms with Gasteiger partial charge in [-0.1, -0.05) is 54.6 Å². The maximum absolute atomic E-state index is 13.5. The third-order valence-electron chi connectivity index (χ3n) is 8.10. The first-order chi connectivity index (χ1) is 19.8.